The van der Waals surface area contributed by atoms with Crippen LogP contribution in [0, 0.1) is 6.92 Å². The zero-order valence-corrected chi connectivity index (χ0v) is 17.0. The van der Waals surface area contributed by atoms with E-state index in [0.29, 0.717) is 11.0 Å². The molecule has 0 bridgehead atoms. The molecule has 1 atom stereocenters. The van der Waals surface area contributed by atoms with Crippen LogP contribution in [-0.2, 0) is 0 Å². The van der Waals surface area contributed by atoms with Crippen LogP contribution in [0.15, 0.2) is 42.5 Å². The van der Waals surface area contributed by atoms with E-state index in [-0.39, 0.29) is 11.6 Å². The minimum absolute atomic E-state index is 0.128. The summed E-state index contributed by atoms with van der Waals surface area (Å²) >= 11 is 5.58. The molecule has 3 rings (SSSR count). The van der Waals surface area contributed by atoms with Gasteiger partial charge in [0, 0.05) is 17.7 Å². The number of hydrogen-bond donors (Lipinski definition) is 2. The summed E-state index contributed by atoms with van der Waals surface area (Å²) in [6, 6.07) is 14.9. The predicted molar refractivity (Wildman–Crippen MR) is 113 cm³/mol. The molecule has 2 aromatic rings. The summed E-state index contributed by atoms with van der Waals surface area (Å²) in [5.74, 6) is 1.46. The molecule has 1 aliphatic rings. The first-order valence-corrected chi connectivity index (χ1v) is 9.61. The second kappa shape index (κ2) is 7.28. The van der Waals surface area contributed by atoms with Gasteiger partial charge in [-0.3, -0.25) is 0 Å². The molecule has 0 spiro atoms. The van der Waals surface area contributed by atoms with E-state index in [1.54, 1.807) is 0 Å². The van der Waals surface area contributed by atoms with E-state index in [0.717, 1.165) is 17.9 Å². The molecule has 0 saturated carbocycles. The van der Waals surface area contributed by atoms with Gasteiger partial charge in [0.1, 0.15) is 11.4 Å². The van der Waals surface area contributed by atoms with E-state index in [1.165, 1.54) is 16.7 Å². The number of thiocarbonyl (C=S) groups is 1. The van der Waals surface area contributed by atoms with Crippen LogP contribution in [0.1, 0.15) is 62.8 Å². The summed E-state index contributed by atoms with van der Waals surface area (Å²) in [7, 11) is 0. The van der Waals surface area contributed by atoms with Crippen LogP contribution in [0.2, 0.25) is 0 Å². The fraction of sp³-hybridized carbons (Fsp3) is 0.409. The Kier molecular flexibility index (Phi) is 5.24. The van der Waals surface area contributed by atoms with Crippen LogP contribution in [0.3, 0.4) is 0 Å². The van der Waals surface area contributed by atoms with Crippen LogP contribution < -0.4 is 15.4 Å². The first-order valence-electron chi connectivity index (χ1n) is 9.20. The lowest BCUT2D eigenvalue weighted by Gasteiger charge is -2.38. The molecule has 2 aromatic carbocycles. The van der Waals surface area contributed by atoms with Gasteiger partial charge < -0.3 is 15.4 Å². The van der Waals surface area contributed by atoms with Crippen LogP contribution >= 0.6 is 12.2 Å². The number of benzene rings is 2. The molecule has 0 aromatic heterocycles. The maximum Gasteiger partial charge on any atom is 0.171 e. The van der Waals surface area contributed by atoms with Gasteiger partial charge in [0.15, 0.2) is 5.11 Å². The number of nitrogens with one attached hydrogen (secondary N) is 2. The number of fused-ring (bicyclic) bond motifs is 1. The van der Waals surface area contributed by atoms with Crippen LogP contribution in [-0.4, -0.2) is 10.7 Å². The van der Waals surface area contributed by atoms with Gasteiger partial charge >= 0.3 is 0 Å². The first-order chi connectivity index (χ1) is 12.2. The zero-order valence-electron chi connectivity index (χ0n) is 16.2. The van der Waals surface area contributed by atoms with Crippen LogP contribution in [0.4, 0.5) is 5.69 Å². The smallest absolute Gasteiger partial charge is 0.171 e. The Balaban J connectivity index is 1.73. The highest BCUT2D eigenvalue weighted by Gasteiger charge is 2.34. The second-order valence-corrected chi connectivity index (χ2v) is 8.44. The molecular weight excluding hydrogens is 340 g/mol. The van der Waals surface area contributed by atoms with Crippen molar-refractivity contribution in [3.8, 4) is 5.75 Å². The normalized spacial score (nSPS) is 18.0. The van der Waals surface area contributed by atoms with E-state index in [2.05, 4.69) is 87.7 Å². The fourth-order valence-electron chi connectivity index (χ4n) is 3.38. The van der Waals surface area contributed by atoms with Crippen molar-refractivity contribution in [1.29, 1.82) is 0 Å². The monoisotopic (exact) mass is 368 g/mol. The average Bonchev–Trinajstić information content (AvgIpc) is 2.55. The van der Waals surface area contributed by atoms with Crippen molar-refractivity contribution < 1.29 is 4.74 Å². The lowest BCUT2D eigenvalue weighted by molar-refractivity contribution is 0.0696. The zero-order chi connectivity index (χ0) is 18.9. The van der Waals surface area contributed by atoms with Gasteiger partial charge in [-0.05, 0) is 62.7 Å². The van der Waals surface area contributed by atoms with Gasteiger partial charge in [0.25, 0.3) is 0 Å². The van der Waals surface area contributed by atoms with Crippen molar-refractivity contribution in [1.82, 2.24) is 5.32 Å². The molecule has 138 valence electrons. The summed E-state index contributed by atoms with van der Waals surface area (Å²) in [5, 5.41) is 7.43. The molecule has 2 N–H and O–H groups in total. The summed E-state index contributed by atoms with van der Waals surface area (Å²) in [6.07, 6.45) is 0.859. The van der Waals surface area contributed by atoms with E-state index in [1.807, 2.05) is 0 Å². The van der Waals surface area contributed by atoms with E-state index >= 15 is 0 Å². The summed E-state index contributed by atoms with van der Waals surface area (Å²) < 4.78 is 6.14. The number of rotatable bonds is 3. The van der Waals surface area contributed by atoms with E-state index in [9.17, 15) is 0 Å². The Hall–Kier alpha value is -2.07. The quantitative estimate of drug-likeness (QED) is 0.680. The molecule has 1 heterocycles. The van der Waals surface area contributed by atoms with Gasteiger partial charge in [0.05, 0.1) is 6.04 Å². The van der Waals surface area contributed by atoms with Gasteiger partial charge in [-0.15, -0.1) is 0 Å². The average molecular weight is 369 g/mol. The van der Waals surface area contributed by atoms with Crippen molar-refractivity contribution in [2.45, 2.75) is 58.6 Å². The second-order valence-electron chi connectivity index (χ2n) is 8.03. The number of ether oxygens (including phenoxy) is 1. The van der Waals surface area contributed by atoms with Crippen molar-refractivity contribution in [2.75, 3.05) is 5.32 Å². The molecule has 0 amide bonds. The third-order valence-corrected chi connectivity index (χ3v) is 4.98. The Morgan fingerprint density at radius 3 is 2.50 bits per heavy atom. The maximum atomic E-state index is 6.14. The highest BCUT2D eigenvalue weighted by atomic mass is 32.1. The van der Waals surface area contributed by atoms with Crippen molar-refractivity contribution in [2.24, 2.45) is 0 Å². The third-order valence-electron chi connectivity index (χ3n) is 4.76. The lowest BCUT2D eigenvalue weighted by atomic mass is 9.89. The predicted octanol–water partition coefficient (Wildman–Crippen LogP) is 5.71. The Morgan fingerprint density at radius 2 is 1.85 bits per heavy atom. The summed E-state index contributed by atoms with van der Waals surface area (Å²) in [4.78, 5) is 0. The number of hydrogen-bond acceptors (Lipinski definition) is 2. The van der Waals surface area contributed by atoms with E-state index in [4.69, 9.17) is 17.0 Å². The van der Waals surface area contributed by atoms with Gasteiger partial charge in [0.2, 0.25) is 0 Å². The number of anilines is 1. The maximum absolute atomic E-state index is 6.14. The molecule has 0 aliphatic carbocycles. The largest absolute Gasteiger partial charge is 0.487 e. The molecule has 26 heavy (non-hydrogen) atoms. The molecule has 0 radical (unpaired) electrons. The summed E-state index contributed by atoms with van der Waals surface area (Å²) in [5.41, 5.74) is 4.49. The molecule has 4 heteroatoms. The van der Waals surface area contributed by atoms with Crippen LogP contribution in [0.5, 0.6) is 5.75 Å². The molecule has 0 unspecified atom stereocenters. The Morgan fingerprint density at radius 1 is 1.15 bits per heavy atom. The number of aryl methyl sites for hydroxylation is 1. The minimum Gasteiger partial charge on any atom is -0.487 e. The SMILES string of the molecule is Cc1ccc2c(c1)[C@@H](NC(=S)Nc1ccc(C(C)C)cc1)CC(C)(C)O2. The fourth-order valence-corrected chi connectivity index (χ4v) is 3.64. The molecular formula is C22H28N2OS. The van der Waals surface area contributed by atoms with Crippen molar-refractivity contribution in [3.05, 3.63) is 59.2 Å². The van der Waals surface area contributed by atoms with Gasteiger partial charge in [-0.1, -0.05) is 43.7 Å². The molecule has 0 fully saturated rings. The first kappa shape index (κ1) is 18.7. The van der Waals surface area contributed by atoms with Crippen molar-refractivity contribution in [3.63, 3.8) is 0 Å². The van der Waals surface area contributed by atoms with Crippen LogP contribution in [0.25, 0.3) is 0 Å². The molecule has 1 aliphatic heterocycles. The molecule has 0 saturated heterocycles. The summed E-state index contributed by atoms with van der Waals surface area (Å²) in [6.45, 7) is 10.7. The topological polar surface area (TPSA) is 33.3 Å². The van der Waals surface area contributed by atoms with Gasteiger partial charge in [-0.25, -0.2) is 0 Å². The van der Waals surface area contributed by atoms with E-state index < -0.39 is 0 Å². The Labute approximate surface area is 162 Å². The molecule has 3 nitrogen and oxygen atoms in total. The highest BCUT2D eigenvalue weighted by molar-refractivity contribution is 7.80. The third kappa shape index (κ3) is 4.36. The van der Waals surface area contributed by atoms with Crippen molar-refractivity contribution >= 4 is 23.0 Å². The standard InChI is InChI=1S/C22H28N2OS/c1-14(2)16-7-9-17(10-8-16)23-21(26)24-19-13-22(4,5)25-20-11-6-15(3)12-18(19)20/h6-12,14,19H,13H2,1-5H3,(H2,23,24,26)/t19-/m0/s1. The Bertz CT molecular complexity index is 796. The lowest BCUT2D eigenvalue weighted by Crippen LogP contribution is -2.42. The van der Waals surface area contributed by atoms with Gasteiger partial charge in [-0.2, -0.15) is 0 Å². The minimum atomic E-state index is -0.228. The highest BCUT2D eigenvalue weighted by Crippen LogP contribution is 2.39.